The topological polar surface area (TPSA) is 75.7 Å². The molecule has 8 heteroatoms. The van der Waals surface area contributed by atoms with E-state index in [-0.39, 0.29) is 17.9 Å². The van der Waals surface area contributed by atoms with Gasteiger partial charge in [0, 0.05) is 15.6 Å². The van der Waals surface area contributed by atoms with Crippen molar-refractivity contribution >= 4 is 63.6 Å². The number of carbonyl (C=O) groups is 3. The molecule has 1 aliphatic heterocycles. The number of hydrogen-bond donors (Lipinski definition) is 1. The number of urea groups is 1. The van der Waals surface area contributed by atoms with E-state index in [2.05, 4.69) is 5.32 Å². The largest absolute Gasteiger partial charge is 0.488 e. The van der Waals surface area contributed by atoms with Crippen LogP contribution < -0.4 is 15.0 Å². The number of nitrogens with zero attached hydrogens (tertiary/aromatic N) is 1. The highest BCUT2D eigenvalue weighted by molar-refractivity contribution is 6.39. The van der Waals surface area contributed by atoms with E-state index in [4.69, 9.17) is 27.9 Å². The molecule has 1 N–H and O–H groups in total. The molecule has 0 unspecified atom stereocenters. The number of fused-ring (bicyclic) bond motifs is 1. The lowest BCUT2D eigenvalue weighted by atomic mass is 9.99. The Morgan fingerprint density at radius 3 is 2.36 bits per heavy atom. The van der Waals surface area contributed by atoms with Crippen LogP contribution in [0.15, 0.2) is 90.5 Å². The average Bonchev–Trinajstić information content (AvgIpc) is 2.85. The van der Waals surface area contributed by atoms with E-state index in [1.807, 2.05) is 42.5 Å². The molecule has 0 aliphatic carbocycles. The molecule has 6 nitrogen and oxygen atoms in total. The number of barbiturate groups is 1. The lowest BCUT2D eigenvalue weighted by Crippen LogP contribution is -2.54. The van der Waals surface area contributed by atoms with Gasteiger partial charge in [0.05, 0.1) is 5.69 Å². The quantitative estimate of drug-likeness (QED) is 0.246. The van der Waals surface area contributed by atoms with Crippen LogP contribution in [0, 0.1) is 0 Å². The predicted molar refractivity (Wildman–Crippen MR) is 140 cm³/mol. The van der Waals surface area contributed by atoms with Crippen molar-refractivity contribution in [1.29, 1.82) is 0 Å². The Kier molecular flexibility index (Phi) is 6.46. The molecular weight excluding hydrogens is 499 g/mol. The van der Waals surface area contributed by atoms with E-state index >= 15 is 0 Å². The first kappa shape index (κ1) is 23.6. The van der Waals surface area contributed by atoms with Crippen molar-refractivity contribution < 1.29 is 19.1 Å². The fourth-order valence-electron chi connectivity index (χ4n) is 3.99. The number of rotatable bonds is 5. The van der Waals surface area contributed by atoms with Gasteiger partial charge in [0.2, 0.25) is 0 Å². The molecule has 1 fully saturated rings. The molecule has 4 aromatic carbocycles. The standard InChI is InChI=1S/C28H18Cl2N2O4/c29-19-7-3-5-17(13-19)16-36-25-12-11-18-6-1-2-10-22(18)23(25)15-24-26(33)31-28(35)32(27(24)34)21-9-4-8-20(30)14-21/h1-15H,16H2,(H,31,33,35)/b24-15+. The van der Waals surface area contributed by atoms with Crippen LogP contribution in [-0.4, -0.2) is 17.8 Å². The monoisotopic (exact) mass is 516 g/mol. The molecule has 5 rings (SSSR count). The second-order valence-electron chi connectivity index (χ2n) is 8.05. The molecule has 0 bridgehead atoms. The Bertz CT molecular complexity index is 1560. The summed E-state index contributed by atoms with van der Waals surface area (Å²) >= 11 is 12.2. The fraction of sp³-hybridized carbons (Fsp3) is 0.0357. The zero-order valence-corrected chi connectivity index (χ0v) is 20.2. The summed E-state index contributed by atoms with van der Waals surface area (Å²) in [5.41, 5.74) is 1.43. The number of hydrogen-bond acceptors (Lipinski definition) is 4. The smallest absolute Gasteiger partial charge is 0.335 e. The first-order chi connectivity index (χ1) is 17.4. The molecule has 4 amide bonds. The van der Waals surface area contributed by atoms with Crippen molar-refractivity contribution in [1.82, 2.24) is 5.32 Å². The third kappa shape index (κ3) is 4.69. The Morgan fingerprint density at radius 2 is 1.58 bits per heavy atom. The summed E-state index contributed by atoms with van der Waals surface area (Å²) in [7, 11) is 0. The van der Waals surface area contributed by atoms with Crippen molar-refractivity contribution in [2.24, 2.45) is 0 Å². The zero-order valence-electron chi connectivity index (χ0n) is 18.7. The van der Waals surface area contributed by atoms with Crippen LogP contribution in [0.2, 0.25) is 10.0 Å². The fourth-order valence-corrected chi connectivity index (χ4v) is 4.39. The summed E-state index contributed by atoms with van der Waals surface area (Å²) < 4.78 is 6.10. The van der Waals surface area contributed by atoms with Crippen molar-refractivity contribution in [2.75, 3.05) is 4.90 Å². The maximum Gasteiger partial charge on any atom is 0.335 e. The third-order valence-corrected chi connectivity index (χ3v) is 6.14. The molecule has 1 aliphatic rings. The average molecular weight is 517 g/mol. The lowest BCUT2D eigenvalue weighted by molar-refractivity contribution is -0.122. The number of ether oxygens (including phenoxy) is 1. The summed E-state index contributed by atoms with van der Waals surface area (Å²) in [6.45, 7) is 0.225. The number of halogens is 2. The maximum atomic E-state index is 13.4. The Labute approximate surface area is 216 Å². The van der Waals surface area contributed by atoms with Crippen LogP contribution in [0.3, 0.4) is 0 Å². The van der Waals surface area contributed by atoms with Gasteiger partial charge in [0.1, 0.15) is 17.9 Å². The van der Waals surface area contributed by atoms with E-state index in [1.54, 1.807) is 36.4 Å². The summed E-state index contributed by atoms with van der Waals surface area (Å²) in [6, 6.07) is 23.9. The first-order valence-electron chi connectivity index (χ1n) is 11.0. The van der Waals surface area contributed by atoms with E-state index in [0.717, 1.165) is 21.2 Å². The lowest BCUT2D eigenvalue weighted by Gasteiger charge is -2.26. The highest BCUT2D eigenvalue weighted by atomic mass is 35.5. The number of nitrogens with one attached hydrogen (secondary N) is 1. The van der Waals surface area contributed by atoms with Crippen molar-refractivity contribution in [2.45, 2.75) is 6.61 Å². The molecular formula is C28H18Cl2N2O4. The van der Waals surface area contributed by atoms with Gasteiger partial charge in [-0.3, -0.25) is 14.9 Å². The number of anilines is 1. The minimum Gasteiger partial charge on any atom is -0.488 e. The summed E-state index contributed by atoms with van der Waals surface area (Å²) in [5, 5.41) is 4.85. The molecule has 1 heterocycles. The molecule has 0 radical (unpaired) electrons. The minimum absolute atomic E-state index is 0.210. The molecule has 0 atom stereocenters. The molecule has 0 aromatic heterocycles. The number of imide groups is 2. The highest BCUT2D eigenvalue weighted by Crippen LogP contribution is 2.32. The molecule has 0 saturated carbocycles. The van der Waals surface area contributed by atoms with Crippen LogP contribution in [0.25, 0.3) is 16.8 Å². The number of amides is 4. The Morgan fingerprint density at radius 1 is 0.833 bits per heavy atom. The van der Waals surface area contributed by atoms with Crippen LogP contribution in [0.1, 0.15) is 11.1 Å². The van der Waals surface area contributed by atoms with Crippen LogP contribution >= 0.6 is 23.2 Å². The normalized spacial score (nSPS) is 14.9. The summed E-state index contributed by atoms with van der Waals surface area (Å²) in [6.07, 6.45) is 1.46. The molecule has 178 valence electrons. The van der Waals surface area contributed by atoms with Crippen LogP contribution in [0.5, 0.6) is 5.75 Å². The predicted octanol–water partition coefficient (Wildman–Crippen LogP) is 6.39. The van der Waals surface area contributed by atoms with Gasteiger partial charge in [-0.2, -0.15) is 0 Å². The van der Waals surface area contributed by atoms with Crippen molar-refractivity contribution in [3.63, 3.8) is 0 Å². The van der Waals surface area contributed by atoms with Gasteiger partial charge >= 0.3 is 6.03 Å². The molecule has 0 spiro atoms. The second kappa shape index (κ2) is 9.85. The third-order valence-electron chi connectivity index (χ3n) is 5.67. The first-order valence-corrected chi connectivity index (χ1v) is 11.7. The van der Waals surface area contributed by atoms with E-state index in [0.29, 0.717) is 21.4 Å². The molecule has 4 aromatic rings. The van der Waals surface area contributed by atoms with Gasteiger partial charge in [-0.15, -0.1) is 0 Å². The van der Waals surface area contributed by atoms with Gasteiger partial charge in [-0.25, -0.2) is 9.69 Å². The molecule has 1 saturated heterocycles. The zero-order chi connectivity index (χ0) is 25.2. The van der Waals surface area contributed by atoms with Gasteiger partial charge in [0.25, 0.3) is 11.8 Å². The molecule has 36 heavy (non-hydrogen) atoms. The minimum atomic E-state index is -0.847. The van der Waals surface area contributed by atoms with Gasteiger partial charge in [0.15, 0.2) is 0 Å². The SMILES string of the molecule is O=C1NC(=O)N(c2cccc(Cl)c2)C(=O)/C1=C/c1c(OCc2cccc(Cl)c2)ccc2ccccc12. The van der Waals surface area contributed by atoms with Gasteiger partial charge in [-0.1, -0.05) is 71.7 Å². The van der Waals surface area contributed by atoms with E-state index in [1.165, 1.54) is 12.1 Å². The second-order valence-corrected chi connectivity index (χ2v) is 8.93. The summed E-state index contributed by atoms with van der Waals surface area (Å²) in [5.74, 6) is -1.09. The van der Waals surface area contributed by atoms with Crippen molar-refractivity contribution in [3.8, 4) is 5.75 Å². The number of carbonyl (C=O) groups excluding carboxylic acids is 3. The Balaban J connectivity index is 1.59. The Hall–Kier alpha value is -4.13. The van der Waals surface area contributed by atoms with Crippen LogP contribution in [-0.2, 0) is 16.2 Å². The van der Waals surface area contributed by atoms with Crippen LogP contribution in [0.4, 0.5) is 10.5 Å². The van der Waals surface area contributed by atoms with E-state index in [9.17, 15) is 14.4 Å². The number of benzene rings is 4. The maximum absolute atomic E-state index is 13.4. The van der Waals surface area contributed by atoms with Gasteiger partial charge in [-0.05, 0) is 58.8 Å². The highest BCUT2D eigenvalue weighted by Gasteiger charge is 2.37. The summed E-state index contributed by atoms with van der Waals surface area (Å²) in [4.78, 5) is 39.6. The van der Waals surface area contributed by atoms with Gasteiger partial charge < -0.3 is 4.74 Å². The van der Waals surface area contributed by atoms with E-state index < -0.39 is 17.8 Å². The van der Waals surface area contributed by atoms with Crippen molar-refractivity contribution in [3.05, 3.63) is 112 Å².